The van der Waals surface area contributed by atoms with Crippen molar-refractivity contribution in [3.8, 4) is 90.1 Å². The van der Waals surface area contributed by atoms with E-state index in [9.17, 15) is 0 Å². The van der Waals surface area contributed by atoms with Gasteiger partial charge in [0.15, 0.2) is 0 Å². The van der Waals surface area contributed by atoms with E-state index in [1.54, 1.807) is 24.8 Å². The summed E-state index contributed by atoms with van der Waals surface area (Å²) in [7, 11) is 0. The average molecular weight is 2100 g/mol. The molecule has 0 bridgehead atoms. The summed E-state index contributed by atoms with van der Waals surface area (Å²) in [5, 5.41) is 0. The zero-order valence-corrected chi connectivity index (χ0v) is 66.5. The maximum Gasteiger partial charge on any atom is 2.00 e. The quantitative estimate of drug-likeness (QED) is 0.0696. The van der Waals surface area contributed by atoms with Crippen LogP contribution in [0.25, 0.3) is 90.1 Å². The molecular formula is C95H64N8Pt4. The van der Waals surface area contributed by atoms with Crippen molar-refractivity contribution in [2.24, 2.45) is 0 Å². The molecule has 1 fully saturated rings. The second-order valence-corrected chi connectivity index (χ2v) is 25.3. The monoisotopic (exact) mass is 2100 g/mol. The minimum Gasteiger partial charge on any atom is -0.305 e. The molecule has 8 aromatic carbocycles. The van der Waals surface area contributed by atoms with Crippen molar-refractivity contribution >= 4 is 0 Å². The molecule has 16 aromatic rings. The molecule has 8 heterocycles. The summed E-state index contributed by atoms with van der Waals surface area (Å²) in [4.78, 5) is 38.8. The molecular weight excluding hydrogens is 2030 g/mol. The molecule has 0 amide bonds. The molecule has 0 radical (unpaired) electrons. The molecule has 1 saturated carbocycles. The summed E-state index contributed by atoms with van der Waals surface area (Å²) in [6, 6.07) is 132. The average Bonchev–Trinajstić information content (AvgIpc) is 0.726. The number of rotatable bonds is 16. The van der Waals surface area contributed by atoms with Gasteiger partial charge in [-0.15, -0.1) is 284 Å². The zero-order valence-electron chi connectivity index (χ0n) is 57.4. The van der Waals surface area contributed by atoms with Crippen LogP contribution in [0.1, 0.15) is 81.3 Å². The number of hydrogen-bond donors (Lipinski definition) is 0. The second-order valence-electron chi connectivity index (χ2n) is 25.3. The van der Waals surface area contributed by atoms with Gasteiger partial charge in [-0.3, -0.25) is 0 Å². The Bertz CT molecular complexity index is 4820. The first-order valence-corrected chi connectivity index (χ1v) is 34.6. The molecule has 8 aromatic heterocycles. The largest absolute Gasteiger partial charge is 2.00 e. The minimum atomic E-state index is -0.981. The van der Waals surface area contributed by atoms with Gasteiger partial charge in [0, 0.05) is 65.8 Å². The van der Waals surface area contributed by atoms with Crippen LogP contribution in [0.5, 0.6) is 0 Å². The summed E-state index contributed by atoms with van der Waals surface area (Å²) in [5.74, 6) is 0.376. The predicted molar refractivity (Wildman–Crippen MR) is 407 cm³/mol. The first-order valence-electron chi connectivity index (χ1n) is 34.6. The SMILES string of the molecule is [Pt+2].[Pt+2].[Pt+2].[Pt+2].[c-]1c(-c2ccccn2)cccc1C(c1[c-]c(-c2ccccn2)ccc1)(c1[c-]c(-c2ccccn2)ccc1)c1[c-]c(-c2ccccn2)ccc1.[c-]1ccccc1-c1cccc(C2CC(c3[c-]c(-c4ccccn4)ccc3)C(c3[c-]c(-c4ccccn4)ccc3)CC2c2cccc(-c3[c-]cccc3)n2)n1. The molecule has 524 valence electrons. The first-order chi connectivity index (χ1) is 51.1. The summed E-state index contributed by atoms with van der Waals surface area (Å²) in [6.45, 7) is 0. The van der Waals surface area contributed by atoms with Crippen LogP contribution in [0.3, 0.4) is 0 Å². The molecule has 0 aliphatic heterocycles. The number of aromatic nitrogens is 8. The molecule has 17 rings (SSSR count). The Labute approximate surface area is 683 Å². The van der Waals surface area contributed by atoms with Crippen molar-refractivity contribution in [1.29, 1.82) is 0 Å². The van der Waals surface area contributed by atoms with Crippen molar-refractivity contribution in [3.05, 3.63) is 434 Å². The van der Waals surface area contributed by atoms with E-state index in [4.69, 9.17) is 9.97 Å². The molecule has 1 aliphatic rings. The van der Waals surface area contributed by atoms with Crippen LogP contribution in [0.2, 0.25) is 0 Å². The smallest absolute Gasteiger partial charge is 0.305 e. The fraction of sp³-hybridized carbons (Fsp3) is 0.0737. The van der Waals surface area contributed by atoms with E-state index in [2.05, 4.69) is 224 Å². The Morgan fingerprint density at radius 2 is 0.477 bits per heavy atom. The van der Waals surface area contributed by atoms with Crippen LogP contribution < -0.4 is 0 Å². The molecule has 0 N–H and O–H groups in total. The minimum absolute atomic E-state index is 0. The Kier molecular flexibility index (Phi) is 25.9. The summed E-state index contributed by atoms with van der Waals surface area (Å²) < 4.78 is 0. The van der Waals surface area contributed by atoms with E-state index in [0.717, 1.165) is 148 Å². The van der Waals surface area contributed by atoms with Gasteiger partial charge in [0.25, 0.3) is 0 Å². The van der Waals surface area contributed by atoms with Crippen molar-refractivity contribution in [1.82, 2.24) is 39.9 Å². The molecule has 107 heavy (non-hydrogen) atoms. The van der Waals surface area contributed by atoms with E-state index in [-0.39, 0.29) is 108 Å². The van der Waals surface area contributed by atoms with Gasteiger partial charge in [-0.2, -0.15) is 0 Å². The topological polar surface area (TPSA) is 103 Å². The Hall–Kier alpha value is -10.3. The molecule has 0 spiro atoms. The van der Waals surface area contributed by atoms with Crippen LogP contribution in [0, 0.1) is 48.5 Å². The Morgan fingerprint density at radius 1 is 0.224 bits per heavy atom. The Balaban J connectivity index is 0.000000194. The molecule has 0 saturated heterocycles. The normalized spacial score (nSPS) is 14.4. The summed E-state index contributed by atoms with van der Waals surface area (Å²) in [6.07, 6.45) is 12.6. The molecule has 8 nitrogen and oxygen atoms in total. The molecule has 1 aliphatic carbocycles. The van der Waals surface area contributed by atoms with Gasteiger partial charge < -0.3 is 39.9 Å². The maximum atomic E-state index is 5.37. The fourth-order valence-corrected chi connectivity index (χ4v) is 14.3. The third-order valence-electron chi connectivity index (χ3n) is 19.1. The standard InChI is InChI=1S/C50H36N4.C45H28N4.4Pt/c1-3-15-35(16-4-1)47-25-13-27-49(53-47)43-33-41(37-19-11-21-39(31-37)45-23-7-9-29-51-45)42(38-20-12-22-40(32-38)46-24-8-10-30-52-46)34-44(43)50-28-14-26-48(54-50)36-17-5-2-6-18-36;1-5-25-46-41(21-1)33-13-9-17-37(29-33)45(38-18-10-14-34(30-38)42-22-2-6-26-47-42,39-19-11-15-35(31-39)43-23-3-7-27-48-43)40-20-12-16-36(32-40)44-24-4-8-28-49-44;;;;/h1-15,17,19-30,41-44H,33-34H2;1-28H;;;;/q2*-4;4*+2. The van der Waals surface area contributed by atoms with E-state index in [1.165, 1.54) is 0 Å². The van der Waals surface area contributed by atoms with Crippen molar-refractivity contribution < 1.29 is 84.3 Å². The van der Waals surface area contributed by atoms with E-state index in [1.807, 2.05) is 170 Å². The van der Waals surface area contributed by atoms with Crippen molar-refractivity contribution in [3.63, 3.8) is 0 Å². The predicted octanol–water partition coefficient (Wildman–Crippen LogP) is 20.9. The summed E-state index contributed by atoms with van der Waals surface area (Å²) >= 11 is 0. The van der Waals surface area contributed by atoms with Gasteiger partial charge in [0.2, 0.25) is 0 Å². The van der Waals surface area contributed by atoms with Gasteiger partial charge in [0.1, 0.15) is 0 Å². The van der Waals surface area contributed by atoms with E-state index >= 15 is 0 Å². The summed E-state index contributed by atoms with van der Waals surface area (Å²) in [5.41, 5.74) is 21.5. The van der Waals surface area contributed by atoms with E-state index < -0.39 is 5.41 Å². The van der Waals surface area contributed by atoms with Gasteiger partial charge in [-0.25, -0.2) is 0 Å². The number of benzene rings is 8. The third-order valence-corrected chi connectivity index (χ3v) is 19.1. The van der Waals surface area contributed by atoms with Crippen molar-refractivity contribution in [2.45, 2.75) is 41.9 Å². The van der Waals surface area contributed by atoms with Gasteiger partial charge >= 0.3 is 84.3 Å². The van der Waals surface area contributed by atoms with Crippen LogP contribution in [0.15, 0.2) is 340 Å². The van der Waals surface area contributed by atoms with Crippen LogP contribution >= 0.6 is 0 Å². The third kappa shape index (κ3) is 17.1. The van der Waals surface area contributed by atoms with Crippen LogP contribution in [-0.2, 0) is 89.7 Å². The van der Waals surface area contributed by atoms with Gasteiger partial charge in [-0.1, -0.05) is 97.1 Å². The number of pyridine rings is 8. The first kappa shape index (κ1) is 76.4. The van der Waals surface area contributed by atoms with E-state index in [0.29, 0.717) is 0 Å². The molecule has 4 unspecified atom stereocenters. The van der Waals surface area contributed by atoms with Crippen LogP contribution in [-0.4, -0.2) is 39.9 Å². The maximum absolute atomic E-state index is 5.37. The number of nitrogens with zero attached hydrogens (tertiary/aromatic N) is 8. The van der Waals surface area contributed by atoms with Gasteiger partial charge in [-0.05, 0) is 119 Å². The van der Waals surface area contributed by atoms with Crippen molar-refractivity contribution in [2.75, 3.05) is 0 Å². The second kappa shape index (κ2) is 36.3. The Morgan fingerprint density at radius 3 is 0.748 bits per heavy atom. The number of hydrogen-bond acceptors (Lipinski definition) is 8. The van der Waals surface area contributed by atoms with Gasteiger partial charge in [0.05, 0.1) is 0 Å². The molecule has 12 heteroatoms. The zero-order chi connectivity index (χ0) is 69.0. The van der Waals surface area contributed by atoms with Crippen LogP contribution in [0.4, 0.5) is 0 Å². The molecule has 4 atom stereocenters. The fourth-order valence-electron chi connectivity index (χ4n) is 14.3.